The normalized spacial score (nSPS) is 11.4. The lowest BCUT2D eigenvalue weighted by atomic mass is 10.2. The van der Waals surface area contributed by atoms with Crippen molar-refractivity contribution in [3.63, 3.8) is 0 Å². The number of carboxylic acids is 1. The van der Waals surface area contributed by atoms with Crippen molar-refractivity contribution in [2.45, 2.75) is 25.7 Å². The topological polar surface area (TPSA) is 99.3 Å². The first-order valence-corrected chi connectivity index (χ1v) is 7.71. The zero-order valence-corrected chi connectivity index (χ0v) is 12.7. The number of benzene rings is 1. The van der Waals surface area contributed by atoms with Gasteiger partial charge in [-0.15, -0.1) is 0 Å². The van der Waals surface area contributed by atoms with Crippen molar-refractivity contribution in [3.05, 3.63) is 46.8 Å². The predicted octanol–water partition coefficient (Wildman–Crippen LogP) is 2.44. The predicted molar refractivity (Wildman–Crippen MR) is 79.2 cm³/mol. The van der Waals surface area contributed by atoms with Gasteiger partial charge in [0.25, 0.3) is 10.0 Å². The molecule has 0 amide bonds. The quantitative estimate of drug-likeness (QED) is 0.807. The van der Waals surface area contributed by atoms with E-state index in [4.69, 9.17) is 5.11 Å². The van der Waals surface area contributed by atoms with Gasteiger partial charge in [0, 0.05) is 11.9 Å². The minimum absolute atomic E-state index is 0.0270. The number of rotatable bonds is 4. The van der Waals surface area contributed by atoms with Crippen molar-refractivity contribution in [1.29, 1.82) is 0 Å². The van der Waals surface area contributed by atoms with Crippen LogP contribution in [0, 0.1) is 20.8 Å². The largest absolute Gasteiger partial charge is 0.478 e. The Morgan fingerprint density at radius 1 is 1.14 bits per heavy atom. The molecule has 0 atom stereocenters. The molecule has 1 heterocycles. The Morgan fingerprint density at radius 2 is 1.71 bits per heavy atom. The number of aromatic amines is 1. The molecule has 21 heavy (non-hydrogen) atoms. The average molecular weight is 308 g/mol. The Bertz CT molecular complexity index is 786. The number of aromatic carboxylic acids is 1. The Morgan fingerprint density at radius 3 is 2.24 bits per heavy atom. The molecule has 0 spiro atoms. The molecule has 0 aliphatic heterocycles. The molecule has 0 saturated heterocycles. The van der Waals surface area contributed by atoms with Crippen LogP contribution in [0.5, 0.6) is 0 Å². The van der Waals surface area contributed by atoms with Crippen LogP contribution in [-0.4, -0.2) is 24.5 Å². The molecule has 0 aliphatic carbocycles. The highest BCUT2D eigenvalue weighted by atomic mass is 32.2. The van der Waals surface area contributed by atoms with Crippen LogP contribution in [0.1, 0.15) is 27.2 Å². The number of H-pyrrole nitrogens is 1. The Balaban J connectivity index is 2.45. The summed E-state index contributed by atoms with van der Waals surface area (Å²) in [7, 11) is -3.83. The Kier molecular flexibility index (Phi) is 3.78. The fourth-order valence-corrected chi connectivity index (χ4v) is 3.43. The van der Waals surface area contributed by atoms with E-state index in [2.05, 4.69) is 9.71 Å². The molecular weight excluding hydrogens is 292 g/mol. The highest BCUT2D eigenvalue weighted by Gasteiger charge is 2.21. The summed E-state index contributed by atoms with van der Waals surface area (Å²) < 4.78 is 27.1. The van der Waals surface area contributed by atoms with Gasteiger partial charge in [-0.3, -0.25) is 4.72 Å². The van der Waals surface area contributed by atoms with E-state index in [-0.39, 0.29) is 16.1 Å². The van der Waals surface area contributed by atoms with E-state index < -0.39 is 16.0 Å². The summed E-state index contributed by atoms with van der Waals surface area (Å²) in [5, 5.41) is 9.14. The average Bonchev–Trinajstić information content (AvgIpc) is 2.68. The summed E-state index contributed by atoms with van der Waals surface area (Å²) in [6, 6.07) is 4.94. The van der Waals surface area contributed by atoms with E-state index >= 15 is 0 Å². The summed E-state index contributed by atoms with van der Waals surface area (Å²) in [5.74, 6) is -1.19. The number of hydrogen-bond donors (Lipinski definition) is 3. The standard InChI is InChI=1S/C14H16N2O4S/c1-8-4-9(2)6-11(5-8)21(19,20)16-12-7-15-10(3)13(12)14(17)18/h4-7,15-16H,1-3H3,(H,17,18). The molecule has 6 nitrogen and oxygen atoms in total. The van der Waals surface area contributed by atoms with E-state index in [1.807, 2.05) is 6.07 Å². The number of carbonyl (C=O) groups is 1. The lowest BCUT2D eigenvalue weighted by Crippen LogP contribution is -2.15. The summed E-state index contributed by atoms with van der Waals surface area (Å²) >= 11 is 0. The third kappa shape index (κ3) is 3.08. The van der Waals surface area contributed by atoms with E-state index in [0.717, 1.165) is 11.1 Å². The number of nitrogens with one attached hydrogen (secondary N) is 2. The zero-order valence-electron chi connectivity index (χ0n) is 11.9. The second-order valence-electron chi connectivity index (χ2n) is 4.94. The maximum absolute atomic E-state index is 12.4. The molecule has 2 aromatic rings. The second kappa shape index (κ2) is 5.25. The SMILES string of the molecule is Cc1cc(C)cc(S(=O)(=O)Nc2c[nH]c(C)c2C(=O)O)c1. The van der Waals surface area contributed by atoms with Gasteiger partial charge in [0.15, 0.2) is 0 Å². The number of sulfonamides is 1. The monoisotopic (exact) mass is 308 g/mol. The minimum atomic E-state index is -3.83. The molecular formula is C14H16N2O4S. The summed E-state index contributed by atoms with van der Waals surface area (Å²) in [4.78, 5) is 14.0. The van der Waals surface area contributed by atoms with Crippen LogP contribution in [0.3, 0.4) is 0 Å². The van der Waals surface area contributed by atoms with Crippen molar-refractivity contribution < 1.29 is 18.3 Å². The number of anilines is 1. The van der Waals surface area contributed by atoms with Crippen LogP contribution in [0.2, 0.25) is 0 Å². The lowest BCUT2D eigenvalue weighted by molar-refractivity contribution is 0.0697. The van der Waals surface area contributed by atoms with Gasteiger partial charge >= 0.3 is 5.97 Å². The Labute approximate surface area is 122 Å². The molecule has 3 N–H and O–H groups in total. The highest BCUT2D eigenvalue weighted by molar-refractivity contribution is 7.92. The molecule has 0 fully saturated rings. The van der Waals surface area contributed by atoms with Gasteiger partial charge in [0.1, 0.15) is 5.56 Å². The molecule has 112 valence electrons. The van der Waals surface area contributed by atoms with Gasteiger partial charge in [-0.2, -0.15) is 0 Å². The third-order valence-corrected chi connectivity index (χ3v) is 4.39. The molecule has 0 unspecified atom stereocenters. The van der Waals surface area contributed by atoms with E-state index in [9.17, 15) is 13.2 Å². The molecule has 1 aromatic carbocycles. The van der Waals surface area contributed by atoms with Gasteiger partial charge in [0.05, 0.1) is 10.6 Å². The second-order valence-corrected chi connectivity index (χ2v) is 6.62. The highest BCUT2D eigenvalue weighted by Crippen LogP contribution is 2.23. The maximum atomic E-state index is 12.4. The molecule has 0 bridgehead atoms. The smallest absolute Gasteiger partial charge is 0.339 e. The van der Waals surface area contributed by atoms with Gasteiger partial charge in [-0.1, -0.05) is 6.07 Å². The van der Waals surface area contributed by atoms with Crippen molar-refractivity contribution in [2.24, 2.45) is 0 Å². The molecule has 0 aliphatic rings. The van der Waals surface area contributed by atoms with Crippen molar-refractivity contribution >= 4 is 21.7 Å². The van der Waals surface area contributed by atoms with Crippen LogP contribution in [0.15, 0.2) is 29.3 Å². The first-order valence-electron chi connectivity index (χ1n) is 6.23. The molecule has 1 aromatic heterocycles. The van der Waals surface area contributed by atoms with Gasteiger partial charge < -0.3 is 10.1 Å². The zero-order chi connectivity index (χ0) is 15.8. The van der Waals surface area contributed by atoms with E-state index in [1.165, 1.54) is 18.3 Å². The maximum Gasteiger partial charge on any atom is 0.339 e. The van der Waals surface area contributed by atoms with Gasteiger partial charge in [0.2, 0.25) is 0 Å². The van der Waals surface area contributed by atoms with E-state index in [0.29, 0.717) is 5.69 Å². The van der Waals surface area contributed by atoms with Gasteiger partial charge in [-0.05, 0) is 44.0 Å². The number of aromatic nitrogens is 1. The Hall–Kier alpha value is -2.28. The lowest BCUT2D eigenvalue weighted by Gasteiger charge is -2.09. The summed E-state index contributed by atoms with van der Waals surface area (Å²) in [6.45, 7) is 5.17. The first kappa shape index (κ1) is 15.1. The molecule has 7 heteroatoms. The summed E-state index contributed by atoms with van der Waals surface area (Å²) in [6.07, 6.45) is 1.33. The van der Waals surface area contributed by atoms with Gasteiger partial charge in [-0.25, -0.2) is 13.2 Å². The van der Waals surface area contributed by atoms with Crippen LogP contribution < -0.4 is 4.72 Å². The fraction of sp³-hybridized carbons (Fsp3) is 0.214. The molecule has 0 saturated carbocycles. The number of hydrogen-bond acceptors (Lipinski definition) is 3. The number of aryl methyl sites for hydroxylation is 3. The number of carboxylic acid groups (broad SMARTS) is 1. The van der Waals surface area contributed by atoms with E-state index in [1.54, 1.807) is 20.8 Å². The third-order valence-electron chi connectivity index (χ3n) is 3.04. The molecule has 2 rings (SSSR count). The molecule has 0 radical (unpaired) electrons. The minimum Gasteiger partial charge on any atom is -0.478 e. The van der Waals surface area contributed by atoms with Crippen molar-refractivity contribution in [1.82, 2.24) is 4.98 Å². The van der Waals surface area contributed by atoms with Crippen LogP contribution in [0.4, 0.5) is 5.69 Å². The fourth-order valence-electron chi connectivity index (χ4n) is 2.17. The van der Waals surface area contributed by atoms with Crippen LogP contribution >= 0.6 is 0 Å². The van der Waals surface area contributed by atoms with Crippen molar-refractivity contribution in [2.75, 3.05) is 4.72 Å². The van der Waals surface area contributed by atoms with Crippen molar-refractivity contribution in [3.8, 4) is 0 Å². The van der Waals surface area contributed by atoms with Crippen LogP contribution in [-0.2, 0) is 10.0 Å². The summed E-state index contributed by atoms with van der Waals surface area (Å²) in [5.41, 5.74) is 1.97. The first-order chi connectivity index (χ1) is 9.70. The van der Waals surface area contributed by atoms with Crippen LogP contribution in [0.25, 0.3) is 0 Å².